The third-order valence-electron chi connectivity index (χ3n) is 4.22. The summed E-state index contributed by atoms with van der Waals surface area (Å²) in [6.07, 6.45) is -0.188. The van der Waals surface area contributed by atoms with E-state index in [2.05, 4.69) is 5.32 Å². The van der Waals surface area contributed by atoms with Gasteiger partial charge in [-0.05, 0) is 24.6 Å². The van der Waals surface area contributed by atoms with E-state index in [1.54, 1.807) is 29.2 Å². The summed E-state index contributed by atoms with van der Waals surface area (Å²) in [7, 11) is 0. The van der Waals surface area contributed by atoms with Crippen LogP contribution in [0.15, 0.2) is 60.7 Å². The minimum absolute atomic E-state index is 0.0119. The van der Waals surface area contributed by atoms with Crippen molar-refractivity contribution in [2.75, 3.05) is 19.6 Å². The van der Waals surface area contributed by atoms with Crippen LogP contribution in [-0.4, -0.2) is 42.5 Å². The molecule has 2 aromatic carbocycles. The molecule has 1 heterocycles. The summed E-state index contributed by atoms with van der Waals surface area (Å²) >= 11 is 0. The molecule has 2 aromatic rings. The van der Waals surface area contributed by atoms with E-state index in [1.807, 2.05) is 43.3 Å². The van der Waals surface area contributed by atoms with Crippen LogP contribution < -0.4 is 5.32 Å². The van der Waals surface area contributed by atoms with E-state index in [-0.39, 0.29) is 30.6 Å². The van der Waals surface area contributed by atoms with Crippen molar-refractivity contribution < 1.29 is 14.3 Å². The quantitative estimate of drug-likeness (QED) is 0.931. The average Bonchev–Trinajstić information content (AvgIpc) is 2.66. The molecule has 25 heavy (non-hydrogen) atoms. The lowest BCUT2D eigenvalue weighted by Gasteiger charge is -2.37. The molecule has 0 saturated carbocycles. The second-order valence-corrected chi connectivity index (χ2v) is 6.19. The van der Waals surface area contributed by atoms with Gasteiger partial charge >= 0.3 is 0 Å². The molecule has 3 rings (SSSR count). The number of rotatable bonds is 4. The van der Waals surface area contributed by atoms with E-state index in [1.165, 1.54) is 0 Å². The fourth-order valence-electron chi connectivity index (χ4n) is 2.97. The molecule has 1 fully saturated rings. The van der Waals surface area contributed by atoms with Gasteiger partial charge in [0, 0.05) is 12.1 Å². The Morgan fingerprint density at radius 1 is 1.04 bits per heavy atom. The Bertz CT molecular complexity index is 718. The normalized spacial score (nSPS) is 20.1. The first kappa shape index (κ1) is 17.2. The van der Waals surface area contributed by atoms with Crippen molar-refractivity contribution in [1.82, 2.24) is 10.2 Å². The van der Waals surface area contributed by atoms with Crippen molar-refractivity contribution in [2.45, 2.75) is 19.1 Å². The van der Waals surface area contributed by atoms with E-state index in [4.69, 9.17) is 4.74 Å². The molecule has 0 aliphatic carbocycles. The van der Waals surface area contributed by atoms with Crippen LogP contribution in [0.3, 0.4) is 0 Å². The van der Waals surface area contributed by atoms with Crippen LogP contribution in [0.2, 0.25) is 0 Å². The number of nitrogens with zero attached hydrogens (tertiary/aromatic N) is 1. The van der Waals surface area contributed by atoms with Gasteiger partial charge in [-0.25, -0.2) is 0 Å². The van der Waals surface area contributed by atoms with Crippen LogP contribution in [-0.2, 0) is 9.53 Å². The number of morpholine rings is 1. The van der Waals surface area contributed by atoms with Crippen molar-refractivity contribution in [3.05, 3.63) is 71.8 Å². The number of hydrogen-bond donors (Lipinski definition) is 1. The summed E-state index contributed by atoms with van der Waals surface area (Å²) in [5.41, 5.74) is 1.60. The van der Waals surface area contributed by atoms with Gasteiger partial charge in [0.1, 0.15) is 6.10 Å². The maximum absolute atomic E-state index is 12.5. The minimum Gasteiger partial charge on any atom is -0.367 e. The van der Waals surface area contributed by atoms with Gasteiger partial charge in [0.05, 0.1) is 19.2 Å². The summed E-state index contributed by atoms with van der Waals surface area (Å²) in [5.74, 6) is -0.338. The summed E-state index contributed by atoms with van der Waals surface area (Å²) < 4.78 is 5.97. The van der Waals surface area contributed by atoms with E-state index in [9.17, 15) is 9.59 Å². The van der Waals surface area contributed by atoms with E-state index < -0.39 is 0 Å². The molecular formula is C20H22N2O3. The zero-order chi connectivity index (χ0) is 17.6. The first-order chi connectivity index (χ1) is 12.1. The van der Waals surface area contributed by atoms with Gasteiger partial charge in [-0.15, -0.1) is 0 Å². The predicted molar refractivity (Wildman–Crippen MR) is 95.1 cm³/mol. The minimum atomic E-state index is -0.241. The van der Waals surface area contributed by atoms with Gasteiger partial charge in [-0.3, -0.25) is 9.59 Å². The summed E-state index contributed by atoms with van der Waals surface area (Å²) in [5, 5.41) is 2.69. The van der Waals surface area contributed by atoms with Gasteiger partial charge in [-0.2, -0.15) is 0 Å². The molecule has 0 bridgehead atoms. The molecule has 1 N–H and O–H groups in total. The number of amides is 2. The molecule has 2 amide bonds. The van der Waals surface area contributed by atoms with Crippen molar-refractivity contribution in [2.24, 2.45) is 0 Å². The van der Waals surface area contributed by atoms with Crippen molar-refractivity contribution >= 4 is 11.8 Å². The standard InChI is InChI=1S/C20H22N2O3/c1-15-13-22(14-18(25-15)16-8-4-2-5-9-16)19(23)12-21-20(24)17-10-6-3-7-11-17/h2-11,15,18H,12-14H2,1H3,(H,21,24)/t15-,18+/m1/s1. The first-order valence-corrected chi connectivity index (χ1v) is 8.45. The van der Waals surface area contributed by atoms with Crippen LogP contribution in [0.1, 0.15) is 28.9 Å². The fraction of sp³-hybridized carbons (Fsp3) is 0.300. The molecule has 1 aliphatic heterocycles. The van der Waals surface area contributed by atoms with Crippen LogP contribution in [0, 0.1) is 0 Å². The number of carbonyl (C=O) groups excluding carboxylic acids is 2. The zero-order valence-corrected chi connectivity index (χ0v) is 14.2. The molecule has 2 atom stereocenters. The third-order valence-corrected chi connectivity index (χ3v) is 4.22. The van der Waals surface area contributed by atoms with Gasteiger partial charge in [0.2, 0.25) is 5.91 Å². The Kier molecular flexibility index (Phi) is 5.46. The Hall–Kier alpha value is -2.66. The monoisotopic (exact) mass is 338 g/mol. The lowest BCUT2D eigenvalue weighted by molar-refractivity contribution is -0.143. The summed E-state index contributed by atoms with van der Waals surface area (Å²) in [4.78, 5) is 26.3. The Morgan fingerprint density at radius 2 is 1.68 bits per heavy atom. The molecule has 130 valence electrons. The van der Waals surface area contributed by atoms with Gasteiger partial charge in [0.15, 0.2) is 0 Å². The van der Waals surface area contributed by atoms with Crippen molar-refractivity contribution in [1.29, 1.82) is 0 Å². The van der Waals surface area contributed by atoms with Crippen LogP contribution in [0.4, 0.5) is 0 Å². The lowest BCUT2D eigenvalue weighted by atomic mass is 10.1. The molecular weight excluding hydrogens is 316 g/mol. The molecule has 0 aromatic heterocycles. The molecule has 1 saturated heterocycles. The second kappa shape index (κ2) is 7.94. The van der Waals surface area contributed by atoms with E-state index in [0.717, 1.165) is 5.56 Å². The topological polar surface area (TPSA) is 58.6 Å². The van der Waals surface area contributed by atoms with Gasteiger partial charge < -0.3 is 15.0 Å². The summed E-state index contributed by atoms with van der Waals surface area (Å²) in [6.45, 7) is 2.97. The predicted octanol–water partition coefficient (Wildman–Crippen LogP) is 2.41. The maximum atomic E-state index is 12.5. The second-order valence-electron chi connectivity index (χ2n) is 6.19. The lowest BCUT2D eigenvalue weighted by Crippen LogP contribution is -2.49. The SMILES string of the molecule is C[C@@H]1CN(C(=O)CNC(=O)c2ccccc2)C[C@@H](c2ccccc2)O1. The first-order valence-electron chi connectivity index (χ1n) is 8.45. The van der Waals surface area contributed by atoms with Crippen molar-refractivity contribution in [3.8, 4) is 0 Å². The number of benzene rings is 2. The van der Waals surface area contributed by atoms with Crippen molar-refractivity contribution in [3.63, 3.8) is 0 Å². The highest BCUT2D eigenvalue weighted by molar-refractivity contribution is 5.96. The largest absolute Gasteiger partial charge is 0.367 e. The molecule has 5 heteroatoms. The highest BCUT2D eigenvalue weighted by Crippen LogP contribution is 2.24. The summed E-state index contributed by atoms with van der Waals surface area (Å²) in [6, 6.07) is 18.8. The third kappa shape index (κ3) is 4.45. The van der Waals surface area contributed by atoms with Gasteiger partial charge in [0.25, 0.3) is 5.91 Å². The Morgan fingerprint density at radius 3 is 2.36 bits per heavy atom. The maximum Gasteiger partial charge on any atom is 0.251 e. The number of ether oxygens (including phenoxy) is 1. The smallest absolute Gasteiger partial charge is 0.251 e. The van der Waals surface area contributed by atoms with Crippen LogP contribution >= 0.6 is 0 Å². The van der Waals surface area contributed by atoms with Gasteiger partial charge in [-0.1, -0.05) is 48.5 Å². The molecule has 5 nitrogen and oxygen atoms in total. The molecule has 0 unspecified atom stereocenters. The molecule has 0 spiro atoms. The fourth-order valence-corrected chi connectivity index (χ4v) is 2.97. The Balaban J connectivity index is 1.58. The number of carbonyl (C=O) groups is 2. The number of hydrogen-bond acceptors (Lipinski definition) is 3. The Labute approximate surface area is 147 Å². The average molecular weight is 338 g/mol. The highest BCUT2D eigenvalue weighted by Gasteiger charge is 2.29. The zero-order valence-electron chi connectivity index (χ0n) is 14.2. The molecule has 1 aliphatic rings. The van der Waals surface area contributed by atoms with Crippen LogP contribution in [0.5, 0.6) is 0 Å². The number of nitrogens with one attached hydrogen (secondary N) is 1. The molecule has 0 radical (unpaired) electrons. The van der Waals surface area contributed by atoms with E-state index in [0.29, 0.717) is 18.7 Å². The highest BCUT2D eigenvalue weighted by atomic mass is 16.5. The van der Waals surface area contributed by atoms with Crippen LogP contribution in [0.25, 0.3) is 0 Å². The van der Waals surface area contributed by atoms with E-state index >= 15 is 0 Å².